The average molecular weight is 304 g/mol. The summed E-state index contributed by atoms with van der Waals surface area (Å²) in [4.78, 5) is 39.4. The minimum Gasteiger partial charge on any atom is -0.469 e. The highest BCUT2D eigenvalue weighted by Gasteiger charge is 2.43. The number of rotatable bonds is 4. The highest BCUT2D eigenvalue weighted by Crippen LogP contribution is 2.21. The summed E-state index contributed by atoms with van der Waals surface area (Å²) in [5, 5.41) is 0. The number of piperazine rings is 1. The summed E-state index contributed by atoms with van der Waals surface area (Å²) in [5.41, 5.74) is 0.942. The number of amides is 2. The lowest BCUT2D eigenvalue weighted by atomic mass is 10.0. The van der Waals surface area contributed by atoms with Crippen molar-refractivity contribution in [2.45, 2.75) is 32.0 Å². The number of carbonyl (C=O) groups is 3. The van der Waals surface area contributed by atoms with Crippen molar-refractivity contribution in [1.29, 1.82) is 0 Å². The van der Waals surface area contributed by atoms with E-state index in [0.29, 0.717) is 6.54 Å². The van der Waals surface area contributed by atoms with Crippen LogP contribution in [0.4, 0.5) is 0 Å². The van der Waals surface area contributed by atoms with Crippen LogP contribution in [0.3, 0.4) is 0 Å². The first kappa shape index (κ1) is 16.0. The molecule has 2 amide bonds. The Labute approximate surface area is 129 Å². The second-order valence-corrected chi connectivity index (χ2v) is 5.37. The Bertz CT molecular complexity index is 573. The first-order valence-electron chi connectivity index (χ1n) is 7.13. The van der Waals surface area contributed by atoms with Crippen LogP contribution in [-0.4, -0.2) is 53.8 Å². The summed E-state index contributed by atoms with van der Waals surface area (Å²) in [6, 6.07) is 8.11. The minimum absolute atomic E-state index is 0.129. The van der Waals surface area contributed by atoms with Crippen LogP contribution in [0.2, 0.25) is 0 Å². The molecule has 2 atom stereocenters. The number of methoxy groups -OCH3 is 1. The molecule has 0 bridgehead atoms. The maximum absolute atomic E-state index is 12.7. The quantitative estimate of drug-likeness (QED) is 0.772. The number of hydrogen-bond donors (Lipinski definition) is 0. The molecule has 0 spiro atoms. The fraction of sp³-hybridized carbons (Fsp3) is 0.438. The summed E-state index contributed by atoms with van der Waals surface area (Å²) in [6.45, 7) is 2.05. The first-order chi connectivity index (χ1) is 10.5. The molecule has 0 unspecified atom stereocenters. The molecule has 0 N–H and O–H groups in total. The normalized spacial score (nSPS) is 22.0. The molecule has 1 aliphatic heterocycles. The Hall–Kier alpha value is -2.37. The van der Waals surface area contributed by atoms with Crippen LogP contribution < -0.4 is 0 Å². The van der Waals surface area contributed by atoms with E-state index in [1.807, 2.05) is 30.3 Å². The number of benzene rings is 1. The van der Waals surface area contributed by atoms with Gasteiger partial charge in [-0.05, 0) is 12.5 Å². The number of hydrogen-bond acceptors (Lipinski definition) is 4. The molecule has 1 aromatic carbocycles. The summed E-state index contributed by atoms with van der Waals surface area (Å²) in [6.07, 6.45) is -0.129. The van der Waals surface area contributed by atoms with E-state index >= 15 is 0 Å². The lowest BCUT2D eigenvalue weighted by molar-refractivity contribution is -0.163. The SMILES string of the molecule is COC(=O)C[C@@H]1C(=O)N(Cc2ccccc2)[C@@H](C)C(=O)N1C. The van der Waals surface area contributed by atoms with Crippen molar-refractivity contribution in [3.8, 4) is 0 Å². The van der Waals surface area contributed by atoms with Crippen molar-refractivity contribution >= 4 is 17.8 Å². The first-order valence-corrected chi connectivity index (χ1v) is 7.13. The zero-order chi connectivity index (χ0) is 16.3. The van der Waals surface area contributed by atoms with Crippen LogP contribution in [0.15, 0.2) is 30.3 Å². The van der Waals surface area contributed by atoms with Crippen molar-refractivity contribution < 1.29 is 19.1 Å². The molecule has 0 saturated carbocycles. The van der Waals surface area contributed by atoms with Gasteiger partial charge in [-0.2, -0.15) is 0 Å². The van der Waals surface area contributed by atoms with Gasteiger partial charge >= 0.3 is 5.97 Å². The molecule has 1 saturated heterocycles. The monoisotopic (exact) mass is 304 g/mol. The van der Waals surface area contributed by atoms with Crippen molar-refractivity contribution in [2.24, 2.45) is 0 Å². The Balaban J connectivity index is 2.22. The van der Waals surface area contributed by atoms with E-state index in [0.717, 1.165) is 5.56 Å². The molecule has 1 fully saturated rings. The van der Waals surface area contributed by atoms with E-state index in [2.05, 4.69) is 4.74 Å². The van der Waals surface area contributed by atoms with Crippen LogP contribution in [0, 0.1) is 0 Å². The molecule has 0 radical (unpaired) electrons. The molecular weight excluding hydrogens is 284 g/mol. The van der Waals surface area contributed by atoms with Gasteiger partial charge in [-0.25, -0.2) is 0 Å². The molecule has 1 aromatic rings. The van der Waals surface area contributed by atoms with E-state index in [1.165, 1.54) is 16.9 Å². The van der Waals surface area contributed by atoms with Gasteiger partial charge in [0, 0.05) is 13.6 Å². The van der Waals surface area contributed by atoms with Crippen LogP contribution in [-0.2, 0) is 25.7 Å². The van der Waals surface area contributed by atoms with Gasteiger partial charge in [-0.3, -0.25) is 14.4 Å². The Kier molecular flexibility index (Phi) is 4.80. The maximum atomic E-state index is 12.7. The Morgan fingerprint density at radius 1 is 1.18 bits per heavy atom. The molecule has 1 aliphatic rings. The third-order valence-electron chi connectivity index (χ3n) is 3.99. The number of esters is 1. The predicted octanol–water partition coefficient (Wildman–Crippen LogP) is 0.807. The fourth-order valence-corrected chi connectivity index (χ4v) is 2.59. The van der Waals surface area contributed by atoms with Gasteiger partial charge in [0.05, 0.1) is 13.5 Å². The largest absolute Gasteiger partial charge is 0.469 e. The van der Waals surface area contributed by atoms with Crippen LogP contribution >= 0.6 is 0 Å². The van der Waals surface area contributed by atoms with Crippen molar-refractivity contribution in [1.82, 2.24) is 9.80 Å². The maximum Gasteiger partial charge on any atom is 0.308 e. The van der Waals surface area contributed by atoms with Crippen LogP contribution in [0.25, 0.3) is 0 Å². The number of likely N-dealkylation sites (N-methyl/N-ethyl adjacent to an activating group) is 1. The van der Waals surface area contributed by atoms with E-state index in [1.54, 1.807) is 14.0 Å². The highest BCUT2D eigenvalue weighted by atomic mass is 16.5. The standard InChI is InChI=1S/C16H20N2O4/c1-11-15(20)17(2)13(9-14(19)22-3)16(21)18(11)10-12-7-5-4-6-8-12/h4-8,11,13H,9-10H2,1-3H3/t11-,13+/m0/s1. The Morgan fingerprint density at radius 3 is 2.41 bits per heavy atom. The Morgan fingerprint density at radius 2 is 1.82 bits per heavy atom. The number of nitrogens with zero attached hydrogens (tertiary/aromatic N) is 2. The van der Waals surface area contributed by atoms with Crippen molar-refractivity contribution in [2.75, 3.05) is 14.2 Å². The molecule has 6 heteroatoms. The van der Waals surface area contributed by atoms with Gasteiger partial charge in [0.25, 0.3) is 0 Å². The van der Waals surface area contributed by atoms with Gasteiger partial charge in [-0.1, -0.05) is 30.3 Å². The second kappa shape index (κ2) is 6.60. The van der Waals surface area contributed by atoms with E-state index in [9.17, 15) is 14.4 Å². The van der Waals surface area contributed by atoms with Gasteiger partial charge in [-0.15, -0.1) is 0 Å². The second-order valence-electron chi connectivity index (χ2n) is 5.37. The van der Waals surface area contributed by atoms with Crippen LogP contribution in [0.1, 0.15) is 18.9 Å². The van der Waals surface area contributed by atoms with Gasteiger partial charge in [0.15, 0.2) is 0 Å². The molecule has 118 valence electrons. The van der Waals surface area contributed by atoms with E-state index in [4.69, 9.17) is 0 Å². The lowest BCUT2D eigenvalue weighted by Gasteiger charge is -2.42. The molecule has 1 heterocycles. The summed E-state index contributed by atoms with van der Waals surface area (Å²) < 4.78 is 4.62. The molecule has 22 heavy (non-hydrogen) atoms. The lowest BCUT2D eigenvalue weighted by Crippen LogP contribution is -2.62. The third-order valence-corrected chi connectivity index (χ3v) is 3.99. The zero-order valence-corrected chi connectivity index (χ0v) is 13.0. The van der Waals surface area contributed by atoms with Gasteiger partial charge in [0.1, 0.15) is 12.1 Å². The predicted molar refractivity (Wildman–Crippen MR) is 79.6 cm³/mol. The molecular formula is C16H20N2O4. The molecule has 0 aromatic heterocycles. The average Bonchev–Trinajstić information content (AvgIpc) is 2.54. The van der Waals surface area contributed by atoms with Gasteiger partial charge < -0.3 is 14.5 Å². The van der Waals surface area contributed by atoms with Gasteiger partial charge in [0.2, 0.25) is 11.8 Å². The van der Waals surface area contributed by atoms with Crippen LogP contribution in [0.5, 0.6) is 0 Å². The molecule has 6 nitrogen and oxygen atoms in total. The van der Waals surface area contributed by atoms with E-state index in [-0.39, 0.29) is 18.2 Å². The zero-order valence-electron chi connectivity index (χ0n) is 13.0. The molecule has 0 aliphatic carbocycles. The van der Waals surface area contributed by atoms with Crippen molar-refractivity contribution in [3.63, 3.8) is 0 Å². The van der Waals surface area contributed by atoms with E-state index < -0.39 is 18.1 Å². The smallest absolute Gasteiger partial charge is 0.308 e. The highest BCUT2D eigenvalue weighted by molar-refractivity contribution is 5.98. The summed E-state index contributed by atoms with van der Waals surface area (Å²) in [7, 11) is 2.81. The minimum atomic E-state index is -0.806. The number of carbonyl (C=O) groups excluding carboxylic acids is 3. The fourth-order valence-electron chi connectivity index (χ4n) is 2.59. The molecule has 2 rings (SSSR count). The summed E-state index contributed by atoms with van der Waals surface area (Å²) >= 11 is 0. The number of ether oxygens (including phenoxy) is 1. The van der Waals surface area contributed by atoms with Crippen molar-refractivity contribution in [3.05, 3.63) is 35.9 Å². The summed E-state index contributed by atoms with van der Waals surface area (Å²) in [5.74, 6) is -0.916. The topological polar surface area (TPSA) is 66.9 Å². The third kappa shape index (κ3) is 3.10.